The Labute approximate surface area is 150 Å². The Hall–Kier alpha value is -3.16. The molecule has 4 aromatic rings. The van der Waals surface area contributed by atoms with Crippen LogP contribution < -0.4 is 9.47 Å². The maximum Gasteiger partial charge on any atom is 0.189 e. The fourth-order valence-corrected chi connectivity index (χ4v) is 2.96. The van der Waals surface area contributed by atoms with E-state index in [1.807, 2.05) is 19.2 Å². The van der Waals surface area contributed by atoms with Crippen LogP contribution in [0.15, 0.2) is 30.7 Å². The third-order valence-corrected chi connectivity index (χ3v) is 4.24. The summed E-state index contributed by atoms with van der Waals surface area (Å²) in [6.07, 6.45) is 5.48. The molecule has 0 aliphatic carbocycles. The van der Waals surface area contributed by atoms with Crippen LogP contribution in [0.4, 0.5) is 0 Å². The fourth-order valence-electron chi connectivity index (χ4n) is 2.96. The Balaban J connectivity index is 1.59. The Morgan fingerprint density at radius 2 is 2.04 bits per heavy atom. The van der Waals surface area contributed by atoms with Crippen molar-refractivity contribution in [1.29, 1.82) is 0 Å². The highest BCUT2D eigenvalue weighted by Crippen LogP contribution is 2.29. The smallest absolute Gasteiger partial charge is 0.189 e. The maximum absolute atomic E-state index is 5.89. The molecule has 8 nitrogen and oxygen atoms in total. The molecule has 0 saturated heterocycles. The number of ether oxygens (including phenoxy) is 2. The molecular weight excluding hydrogens is 332 g/mol. The lowest BCUT2D eigenvalue weighted by Crippen LogP contribution is -2.00. The lowest BCUT2D eigenvalue weighted by Gasteiger charge is -2.10. The van der Waals surface area contributed by atoms with Crippen molar-refractivity contribution in [3.05, 3.63) is 42.1 Å². The van der Waals surface area contributed by atoms with E-state index in [2.05, 4.69) is 33.2 Å². The van der Waals surface area contributed by atoms with Crippen molar-refractivity contribution in [2.24, 2.45) is 7.05 Å². The van der Waals surface area contributed by atoms with Crippen molar-refractivity contribution in [2.75, 3.05) is 7.11 Å². The van der Waals surface area contributed by atoms with E-state index in [1.165, 1.54) is 5.56 Å². The second-order valence-electron chi connectivity index (χ2n) is 6.07. The van der Waals surface area contributed by atoms with Crippen molar-refractivity contribution in [3.63, 3.8) is 0 Å². The second kappa shape index (κ2) is 6.62. The first-order valence-corrected chi connectivity index (χ1v) is 8.51. The lowest BCUT2D eigenvalue weighted by molar-refractivity contribution is 0.276. The standard InChI is InChI=1S/C18H20N6O2/c1-4-5-12-6-7-14(15(8-12)25-3)26-10-16-21-18-13-9-20-23(2)17(13)19-11-24(18)22-16/h6-9,11H,4-5,10H2,1-3H3. The van der Waals surface area contributed by atoms with Crippen molar-refractivity contribution in [1.82, 2.24) is 29.4 Å². The lowest BCUT2D eigenvalue weighted by atomic mass is 10.1. The minimum absolute atomic E-state index is 0.243. The van der Waals surface area contributed by atoms with E-state index in [9.17, 15) is 0 Å². The van der Waals surface area contributed by atoms with Crippen LogP contribution in [0.5, 0.6) is 11.5 Å². The third kappa shape index (κ3) is 2.83. The highest BCUT2D eigenvalue weighted by Gasteiger charge is 2.13. The summed E-state index contributed by atoms with van der Waals surface area (Å²) in [4.78, 5) is 8.92. The molecule has 3 heterocycles. The van der Waals surface area contributed by atoms with Gasteiger partial charge in [0.1, 0.15) is 12.9 Å². The van der Waals surface area contributed by atoms with Gasteiger partial charge in [-0.1, -0.05) is 19.4 Å². The van der Waals surface area contributed by atoms with Crippen molar-refractivity contribution in [2.45, 2.75) is 26.4 Å². The average molecular weight is 352 g/mol. The summed E-state index contributed by atoms with van der Waals surface area (Å²) < 4.78 is 14.7. The number of benzene rings is 1. The van der Waals surface area contributed by atoms with Gasteiger partial charge >= 0.3 is 0 Å². The largest absolute Gasteiger partial charge is 0.493 e. The molecular formula is C18H20N6O2. The number of aryl methyl sites for hydroxylation is 2. The molecule has 4 rings (SSSR count). The van der Waals surface area contributed by atoms with Gasteiger partial charge in [-0.3, -0.25) is 4.68 Å². The molecule has 0 bridgehead atoms. The normalized spacial score (nSPS) is 11.3. The van der Waals surface area contributed by atoms with Gasteiger partial charge in [-0.05, 0) is 24.1 Å². The van der Waals surface area contributed by atoms with Gasteiger partial charge < -0.3 is 9.47 Å². The van der Waals surface area contributed by atoms with E-state index in [-0.39, 0.29) is 6.61 Å². The predicted octanol–water partition coefficient (Wildman–Crippen LogP) is 2.55. The molecule has 0 saturated carbocycles. The molecule has 8 heteroatoms. The molecule has 0 spiro atoms. The summed E-state index contributed by atoms with van der Waals surface area (Å²) in [6.45, 7) is 2.40. The quantitative estimate of drug-likeness (QED) is 0.531. The minimum atomic E-state index is 0.243. The topological polar surface area (TPSA) is 79.4 Å². The monoisotopic (exact) mass is 352 g/mol. The summed E-state index contributed by atoms with van der Waals surface area (Å²) in [7, 11) is 3.49. The number of fused-ring (bicyclic) bond motifs is 3. The number of hydrogen-bond donors (Lipinski definition) is 0. The number of aromatic nitrogens is 6. The maximum atomic E-state index is 5.89. The molecule has 0 aliphatic rings. The van der Waals surface area contributed by atoms with E-state index in [0.717, 1.165) is 29.6 Å². The number of methoxy groups -OCH3 is 1. The Bertz CT molecular complexity index is 1070. The summed E-state index contributed by atoms with van der Waals surface area (Å²) in [5.74, 6) is 1.97. The SMILES string of the molecule is CCCc1ccc(OCc2nc3c4cnn(C)c4ncn3n2)c(OC)c1. The first kappa shape index (κ1) is 16.3. The van der Waals surface area contributed by atoms with Gasteiger partial charge in [0, 0.05) is 7.05 Å². The van der Waals surface area contributed by atoms with Crippen LogP contribution in [-0.2, 0) is 20.1 Å². The van der Waals surface area contributed by atoms with Gasteiger partial charge in [0.15, 0.2) is 28.6 Å². The average Bonchev–Trinajstić information content (AvgIpc) is 3.24. The van der Waals surface area contributed by atoms with Crippen molar-refractivity contribution in [3.8, 4) is 11.5 Å². The van der Waals surface area contributed by atoms with E-state index in [1.54, 1.807) is 28.8 Å². The molecule has 0 atom stereocenters. The molecule has 26 heavy (non-hydrogen) atoms. The third-order valence-electron chi connectivity index (χ3n) is 4.24. The second-order valence-corrected chi connectivity index (χ2v) is 6.07. The highest BCUT2D eigenvalue weighted by atomic mass is 16.5. The number of rotatable bonds is 6. The molecule has 1 aromatic carbocycles. The van der Waals surface area contributed by atoms with Gasteiger partial charge in [-0.2, -0.15) is 5.10 Å². The molecule has 0 aliphatic heterocycles. The van der Waals surface area contributed by atoms with E-state index in [4.69, 9.17) is 9.47 Å². The van der Waals surface area contributed by atoms with E-state index in [0.29, 0.717) is 17.2 Å². The van der Waals surface area contributed by atoms with Crippen LogP contribution in [-0.4, -0.2) is 36.5 Å². The molecule has 0 fully saturated rings. The zero-order valence-electron chi connectivity index (χ0n) is 15.0. The fraction of sp³-hybridized carbons (Fsp3) is 0.333. The number of nitrogens with zero attached hydrogens (tertiary/aromatic N) is 6. The zero-order valence-corrected chi connectivity index (χ0v) is 15.0. The van der Waals surface area contributed by atoms with E-state index < -0.39 is 0 Å². The summed E-state index contributed by atoms with van der Waals surface area (Å²) in [5, 5.41) is 9.51. The van der Waals surface area contributed by atoms with Crippen LogP contribution in [0.25, 0.3) is 16.7 Å². The van der Waals surface area contributed by atoms with Crippen molar-refractivity contribution < 1.29 is 9.47 Å². The van der Waals surface area contributed by atoms with Gasteiger partial charge in [-0.25, -0.2) is 14.5 Å². The molecule has 0 radical (unpaired) electrons. The molecule has 0 unspecified atom stereocenters. The van der Waals surface area contributed by atoms with E-state index >= 15 is 0 Å². The zero-order chi connectivity index (χ0) is 18.1. The van der Waals surface area contributed by atoms with Crippen LogP contribution in [0.1, 0.15) is 24.7 Å². The van der Waals surface area contributed by atoms with Crippen LogP contribution in [0, 0.1) is 0 Å². The molecule has 3 aromatic heterocycles. The first-order valence-electron chi connectivity index (χ1n) is 8.51. The predicted molar refractivity (Wildman–Crippen MR) is 96.4 cm³/mol. The molecule has 0 N–H and O–H groups in total. The van der Waals surface area contributed by atoms with Gasteiger partial charge in [0.2, 0.25) is 0 Å². The van der Waals surface area contributed by atoms with Gasteiger partial charge in [0.05, 0.1) is 18.7 Å². The Morgan fingerprint density at radius 1 is 1.15 bits per heavy atom. The van der Waals surface area contributed by atoms with Gasteiger partial charge in [0.25, 0.3) is 0 Å². The van der Waals surface area contributed by atoms with Crippen LogP contribution in [0.2, 0.25) is 0 Å². The van der Waals surface area contributed by atoms with Crippen LogP contribution in [0.3, 0.4) is 0 Å². The molecule has 0 amide bonds. The minimum Gasteiger partial charge on any atom is -0.493 e. The van der Waals surface area contributed by atoms with Crippen molar-refractivity contribution >= 4 is 16.7 Å². The van der Waals surface area contributed by atoms with Crippen LogP contribution >= 0.6 is 0 Å². The summed E-state index contributed by atoms with van der Waals surface area (Å²) >= 11 is 0. The van der Waals surface area contributed by atoms with Gasteiger partial charge in [-0.15, -0.1) is 5.10 Å². The highest BCUT2D eigenvalue weighted by molar-refractivity contribution is 5.88. The first-order chi connectivity index (χ1) is 12.7. The number of hydrogen-bond acceptors (Lipinski definition) is 6. The molecule has 134 valence electrons. The Kier molecular flexibility index (Phi) is 4.16. The summed E-state index contributed by atoms with van der Waals surface area (Å²) in [6, 6.07) is 6.00. The Morgan fingerprint density at radius 3 is 2.85 bits per heavy atom. The summed E-state index contributed by atoms with van der Waals surface area (Å²) in [5.41, 5.74) is 2.71.